The summed E-state index contributed by atoms with van der Waals surface area (Å²) < 4.78 is 0. The van der Waals surface area contributed by atoms with Crippen LogP contribution in [0.25, 0.3) is 10.9 Å². The van der Waals surface area contributed by atoms with Crippen LogP contribution in [0.3, 0.4) is 0 Å². The van der Waals surface area contributed by atoms with Crippen LogP contribution in [0.1, 0.15) is 24.8 Å². The Morgan fingerprint density at radius 3 is 2.30 bits per heavy atom. The molecule has 15 heteroatoms. The summed E-state index contributed by atoms with van der Waals surface area (Å²) >= 11 is 3.96. The predicted octanol–water partition coefficient (Wildman–Crippen LogP) is -2.26. The highest BCUT2D eigenvalue weighted by atomic mass is 32.1. The number of benzene rings is 1. The molecule has 0 aliphatic heterocycles. The Labute approximate surface area is 236 Å². The van der Waals surface area contributed by atoms with Gasteiger partial charge < -0.3 is 47.9 Å². The fourth-order valence-corrected chi connectivity index (χ4v) is 4.01. The molecule has 1 aromatic carbocycles. The third kappa shape index (κ3) is 9.82. The number of rotatable bonds is 17. The average molecular weight is 580 g/mol. The number of hydrogen-bond donors (Lipinski definition) is 10. The molecule has 0 saturated heterocycles. The van der Waals surface area contributed by atoms with Crippen molar-refractivity contribution in [3.8, 4) is 0 Å². The van der Waals surface area contributed by atoms with Gasteiger partial charge in [0.1, 0.15) is 18.1 Å². The molecule has 1 aromatic heterocycles. The summed E-state index contributed by atoms with van der Waals surface area (Å²) in [6.07, 6.45) is 2.98. The lowest BCUT2D eigenvalue weighted by molar-refractivity contribution is -0.141. The van der Waals surface area contributed by atoms with Gasteiger partial charge in [0.05, 0.1) is 19.2 Å². The Morgan fingerprint density at radius 2 is 1.65 bits per heavy atom. The highest BCUT2D eigenvalue weighted by molar-refractivity contribution is 7.80. The number of aliphatic carboxylic acids is 1. The first-order valence-electron chi connectivity index (χ1n) is 12.7. The number of aliphatic hydroxyl groups is 1. The van der Waals surface area contributed by atoms with E-state index in [-0.39, 0.29) is 18.6 Å². The summed E-state index contributed by atoms with van der Waals surface area (Å²) in [5.41, 5.74) is 12.7. The van der Waals surface area contributed by atoms with E-state index in [0.29, 0.717) is 24.9 Å². The van der Waals surface area contributed by atoms with Crippen LogP contribution < -0.4 is 32.7 Å². The highest BCUT2D eigenvalue weighted by Crippen LogP contribution is 2.19. The van der Waals surface area contributed by atoms with Gasteiger partial charge in [0.25, 0.3) is 0 Å². The van der Waals surface area contributed by atoms with Crippen LogP contribution in [-0.2, 0) is 30.4 Å². The number of thiol groups is 1. The Hall–Kier alpha value is -3.66. The SMILES string of the molecule is NCCCC[C@H](NC(=O)[C@@H](N)CS)C(=O)N[C@@H](CO)C(=O)NCC(=O)N[C@@H](Cc1c[nH]c2ccccc12)C(=O)O. The molecule has 4 amide bonds. The molecule has 0 aliphatic carbocycles. The van der Waals surface area contributed by atoms with Crippen molar-refractivity contribution < 1.29 is 34.2 Å². The molecule has 4 atom stereocenters. The van der Waals surface area contributed by atoms with Gasteiger partial charge in [-0.3, -0.25) is 19.2 Å². The van der Waals surface area contributed by atoms with E-state index in [1.165, 1.54) is 0 Å². The number of para-hydroxylation sites is 1. The second kappa shape index (κ2) is 16.4. The zero-order valence-corrected chi connectivity index (χ0v) is 22.8. The monoisotopic (exact) mass is 579 g/mol. The van der Waals surface area contributed by atoms with E-state index in [1.54, 1.807) is 6.20 Å². The number of amides is 4. The molecule has 1 heterocycles. The van der Waals surface area contributed by atoms with Crippen molar-refractivity contribution in [2.24, 2.45) is 11.5 Å². The quantitative estimate of drug-likeness (QED) is 0.0717. The number of fused-ring (bicyclic) bond motifs is 1. The second-order valence-corrected chi connectivity index (χ2v) is 9.48. The molecule has 0 bridgehead atoms. The summed E-state index contributed by atoms with van der Waals surface area (Å²) in [4.78, 5) is 64.8. The minimum Gasteiger partial charge on any atom is -0.480 e. The van der Waals surface area contributed by atoms with Crippen molar-refractivity contribution in [1.82, 2.24) is 26.3 Å². The zero-order valence-electron chi connectivity index (χ0n) is 21.9. The normalized spacial score (nSPS) is 14.0. The molecular weight excluding hydrogens is 542 g/mol. The van der Waals surface area contributed by atoms with Gasteiger partial charge in [-0.2, -0.15) is 12.6 Å². The van der Waals surface area contributed by atoms with Gasteiger partial charge >= 0.3 is 5.97 Å². The maximum atomic E-state index is 12.8. The fraction of sp³-hybridized carbons (Fsp3) is 0.480. The third-order valence-electron chi connectivity index (χ3n) is 6.08. The van der Waals surface area contributed by atoms with Crippen molar-refractivity contribution in [3.05, 3.63) is 36.0 Å². The predicted molar refractivity (Wildman–Crippen MR) is 150 cm³/mol. The number of nitrogens with one attached hydrogen (secondary N) is 5. The summed E-state index contributed by atoms with van der Waals surface area (Å²) in [5, 5.41) is 29.6. The molecule has 11 N–H and O–H groups in total. The van der Waals surface area contributed by atoms with E-state index in [1.807, 2.05) is 24.3 Å². The van der Waals surface area contributed by atoms with Crippen LogP contribution in [0, 0.1) is 0 Å². The number of hydrogen-bond acceptors (Lipinski definition) is 9. The van der Waals surface area contributed by atoms with E-state index in [4.69, 9.17) is 11.5 Å². The minimum absolute atomic E-state index is 0.00248. The fourth-order valence-electron chi connectivity index (χ4n) is 3.85. The van der Waals surface area contributed by atoms with Gasteiger partial charge in [0.15, 0.2) is 0 Å². The van der Waals surface area contributed by atoms with Crippen LogP contribution >= 0.6 is 12.6 Å². The number of carbonyl (C=O) groups excluding carboxylic acids is 4. The van der Waals surface area contributed by atoms with Gasteiger partial charge in [0.2, 0.25) is 23.6 Å². The number of carbonyl (C=O) groups is 5. The minimum atomic E-state index is -1.44. The Morgan fingerprint density at radius 1 is 0.950 bits per heavy atom. The molecule has 2 rings (SSSR count). The van der Waals surface area contributed by atoms with E-state index < -0.39 is 66.9 Å². The lowest BCUT2D eigenvalue weighted by atomic mass is 10.0. The largest absolute Gasteiger partial charge is 0.480 e. The van der Waals surface area contributed by atoms with Crippen LogP contribution in [0.2, 0.25) is 0 Å². The van der Waals surface area contributed by atoms with Crippen molar-refractivity contribution in [2.45, 2.75) is 49.9 Å². The number of H-pyrrole nitrogens is 1. The van der Waals surface area contributed by atoms with Gasteiger partial charge in [-0.05, 0) is 37.4 Å². The van der Waals surface area contributed by atoms with Gasteiger partial charge in [-0.1, -0.05) is 18.2 Å². The van der Waals surface area contributed by atoms with Crippen molar-refractivity contribution >= 4 is 53.1 Å². The topological polar surface area (TPSA) is 242 Å². The molecule has 0 spiro atoms. The molecule has 0 unspecified atom stereocenters. The van der Waals surface area contributed by atoms with E-state index in [2.05, 4.69) is 38.9 Å². The molecule has 14 nitrogen and oxygen atoms in total. The first-order chi connectivity index (χ1) is 19.1. The third-order valence-corrected chi connectivity index (χ3v) is 6.48. The first kappa shape index (κ1) is 32.6. The number of aromatic nitrogens is 1. The van der Waals surface area contributed by atoms with E-state index >= 15 is 0 Å². The molecule has 220 valence electrons. The second-order valence-electron chi connectivity index (χ2n) is 9.12. The molecule has 2 aromatic rings. The summed E-state index contributed by atoms with van der Waals surface area (Å²) in [6.45, 7) is -1.01. The molecule has 0 radical (unpaired) electrons. The highest BCUT2D eigenvalue weighted by Gasteiger charge is 2.28. The van der Waals surface area contributed by atoms with Crippen molar-refractivity contribution in [3.63, 3.8) is 0 Å². The Bertz CT molecular complexity index is 1180. The number of carboxylic acids is 1. The van der Waals surface area contributed by atoms with Gasteiger partial charge in [-0.25, -0.2) is 4.79 Å². The van der Waals surface area contributed by atoms with Gasteiger partial charge in [0, 0.05) is 29.3 Å². The van der Waals surface area contributed by atoms with E-state index in [9.17, 15) is 34.2 Å². The number of carboxylic acid groups (broad SMARTS) is 1. The lowest BCUT2D eigenvalue weighted by Gasteiger charge is -2.23. The number of aliphatic hydroxyl groups excluding tert-OH is 1. The summed E-state index contributed by atoms with van der Waals surface area (Å²) in [6, 6.07) is 2.62. The van der Waals surface area contributed by atoms with Crippen molar-refractivity contribution in [1.29, 1.82) is 0 Å². The van der Waals surface area contributed by atoms with Crippen molar-refractivity contribution in [2.75, 3.05) is 25.4 Å². The maximum Gasteiger partial charge on any atom is 0.326 e. The molecule has 40 heavy (non-hydrogen) atoms. The molecule has 0 fully saturated rings. The number of unbranched alkanes of at least 4 members (excludes halogenated alkanes) is 1. The number of nitrogens with two attached hydrogens (primary N) is 2. The number of aromatic amines is 1. The van der Waals surface area contributed by atoms with Crippen LogP contribution in [0.15, 0.2) is 30.5 Å². The Kier molecular flexibility index (Phi) is 13.4. The zero-order chi connectivity index (χ0) is 29.7. The first-order valence-corrected chi connectivity index (χ1v) is 13.4. The van der Waals surface area contributed by atoms with Gasteiger partial charge in [-0.15, -0.1) is 0 Å². The molecule has 0 saturated carbocycles. The smallest absolute Gasteiger partial charge is 0.326 e. The van der Waals surface area contributed by atoms with Crippen LogP contribution in [0.5, 0.6) is 0 Å². The standard InChI is InChI=1S/C25H37N7O7S/c26-8-4-3-7-18(31-22(35)16(27)13-40)24(37)32-20(12-33)23(36)29-11-21(34)30-19(25(38)39)9-14-10-28-17-6-2-1-5-15(14)17/h1-2,5-6,10,16,18-20,28,33,40H,3-4,7-9,11-13,26-27H2,(H,29,36)(H,30,34)(H,31,35)(H,32,37)(H,38,39)/t16-,18-,19-,20-/m0/s1. The molecular formula is C25H37N7O7S. The summed E-state index contributed by atoms with van der Waals surface area (Å²) in [5.74, 6) is -4.21. The lowest BCUT2D eigenvalue weighted by Crippen LogP contribution is -2.57. The van der Waals surface area contributed by atoms with Crippen LogP contribution in [0.4, 0.5) is 0 Å². The summed E-state index contributed by atoms with van der Waals surface area (Å²) in [7, 11) is 0. The molecule has 0 aliphatic rings. The Balaban J connectivity index is 1.94. The van der Waals surface area contributed by atoms with E-state index in [0.717, 1.165) is 10.9 Å². The maximum absolute atomic E-state index is 12.8. The van der Waals surface area contributed by atoms with Crippen LogP contribution in [-0.4, -0.2) is 94.4 Å². The average Bonchev–Trinajstić information content (AvgIpc) is 3.35.